The van der Waals surface area contributed by atoms with Gasteiger partial charge in [0.2, 0.25) is 5.56 Å². The van der Waals surface area contributed by atoms with Crippen LogP contribution in [0.15, 0.2) is 35.5 Å². The number of imidazole rings is 1. The van der Waals surface area contributed by atoms with Gasteiger partial charge >= 0.3 is 0 Å². The van der Waals surface area contributed by atoms with Gasteiger partial charge in [-0.2, -0.15) is 0 Å². The summed E-state index contributed by atoms with van der Waals surface area (Å²) in [5.74, 6) is 0.805. The van der Waals surface area contributed by atoms with Gasteiger partial charge in [0.1, 0.15) is 5.82 Å². The van der Waals surface area contributed by atoms with E-state index in [0.717, 1.165) is 12.4 Å². The quantitative estimate of drug-likeness (QED) is 0.780. The molecule has 0 aromatic carbocycles. The Morgan fingerprint density at radius 1 is 1.33 bits per heavy atom. The molecule has 0 radical (unpaired) electrons. The van der Waals surface area contributed by atoms with Gasteiger partial charge in [0.05, 0.1) is 12.1 Å². The van der Waals surface area contributed by atoms with E-state index in [-0.39, 0.29) is 11.5 Å². The summed E-state index contributed by atoms with van der Waals surface area (Å²) in [5, 5.41) is 0. The van der Waals surface area contributed by atoms with Gasteiger partial charge in [-0.05, 0) is 6.07 Å². The molecule has 0 spiro atoms. The summed E-state index contributed by atoms with van der Waals surface area (Å²) < 4.78 is 2.04. The fraction of sp³-hybridized carbons (Fsp3) is 0.250. The number of rotatable bonds is 1. The molecule has 2 aromatic rings. The average Bonchev–Trinajstić information content (AvgIpc) is 2.86. The first-order chi connectivity index (χ1) is 8.74. The van der Waals surface area contributed by atoms with Crippen LogP contribution in [0.5, 0.6) is 0 Å². The summed E-state index contributed by atoms with van der Waals surface area (Å²) in [4.78, 5) is 31.6. The highest BCUT2D eigenvalue weighted by Gasteiger charge is 2.22. The van der Waals surface area contributed by atoms with Crippen LogP contribution in [0, 0.1) is 0 Å². The predicted molar refractivity (Wildman–Crippen MR) is 64.0 cm³/mol. The molecule has 1 aliphatic heterocycles. The SMILES string of the molecule is O=C(c1ccc(=O)[nH]c1)N1CCn2ccnc2C1. The van der Waals surface area contributed by atoms with E-state index in [9.17, 15) is 9.59 Å². The lowest BCUT2D eigenvalue weighted by Crippen LogP contribution is -2.38. The first-order valence-electron chi connectivity index (χ1n) is 5.72. The lowest BCUT2D eigenvalue weighted by atomic mass is 10.2. The first-order valence-corrected chi connectivity index (χ1v) is 5.72. The molecule has 1 amide bonds. The smallest absolute Gasteiger partial charge is 0.255 e. The van der Waals surface area contributed by atoms with Gasteiger partial charge in [0.15, 0.2) is 0 Å². The van der Waals surface area contributed by atoms with Crippen molar-refractivity contribution in [2.45, 2.75) is 13.1 Å². The molecular formula is C12H12N4O2. The van der Waals surface area contributed by atoms with Crippen molar-refractivity contribution in [2.75, 3.05) is 6.54 Å². The van der Waals surface area contributed by atoms with Gasteiger partial charge in [-0.25, -0.2) is 4.98 Å². The Hall–Kier alpha value is -2.37. The summed E-state index contributed by atoms with van der Waals surface area (Å²) >= 11 is 0. The van der Waals surface area contributed by atoms with Crippen LogP contribution < -0.4 is 5.56 Å². The number of H-pyrrole nitrogens is 1. The van der Waals surface area contributed by atoms with E-state index in [1.807, 2.05) is 10.8 Å². The van der Waals surface area contributed by atoms with Gasteiger partial charge in [-0.3, -0.25) is 9.59 Å². The number of fused-ring (bicyclic) bond motifs is 1. The van der Waals surface area contributed by atoms with Crippen molar-refractivity contribution in [1.82, 2.24) is 19.4 Å². The van der Waals surface area contributed by atoms with E-state index in [4.69, 9.17) is 0 Å². The Morgan fingerprint density at radius 3 is 3.00 bits per heavy atom. The third-order valence-corrected chi connectivity index (χ3v) is 3.06. The number of carbonyl (C=O) groups excluding carboxylic acids is 1. The molecular weight excluding hydrogens is 232 g/mol. The number of pyridine rings is 1. The van der Waals surface area contributed by atoms with Gasteiger partial charge in [-0.15, -0.1) is 0 Å². The van der Waals surface area contributed by atoms with E-state index >= 15 is 0 Å². The van der Waals surface area contributed by atoms with Crippen molar-refractivity contribution < 1.29 is 4.79 Å². The lowest BCUT2D eigenvalue weighted by Gasteiger charge is -2.27. The molecule has 0 saturated carbocycles. The highest BCUT2D eigenvalue weighted by atomic mass is 16.2. The van der Waals surface area contributed by atoms with Crippen molar-refractivity contribution in [2.24, 2.45) is 0 Å². The summed E-state index contributed by atoms with van der Waals surface area (Å²) in [6.07, 6.45) is 5.10. The Bertz CT molecular complexity index is 623. The number of aromatic amines is 1. The molecule has 6 nitrogen and oxygen atoms in total. The molecule has 0 fully saturated rings. The van der Waals surface area contributed by atoms with E-state index < -0.39 is 0 Å². The molecule has 6 heteroatoms. The molecule has 92 valence electrons. The summed E-state index contributed by atoms with van der Waals surface area (Å²) in [6.45, 7) is 1.91. The molecule has 3 heterocycles. The van der Waals surface area contributed by atoms with Crippen LogP contribution in [0.1, 0.15) is 16.2 Å². The van der Waals surface area contributed by atoms with Crippen LogP contribution in [0.4, 0.5) is 0 Å². The third-order valence-electron chi connectivity index (χ3n) is 3.06. The minimum atomic E-state index is -0.208. The zero-order valence-electron chi connectivity index (χ0n) is 9.67. The Morgan fingerprint density at radius 2 is 2.22 bits per heavy atom. The highest BCUT2D eigenvalue weighted by Crippen LogP contribution is 2.12. The van der Waals surface area contributed by atoms with Crippen molar-refractivity contribution in [1.29, 1.82) is 0 Å². The monoisotopic (exact) mass is 244 g/mol. The molecule has 0 aliphatic carbocycles. The zero-order chi connectivity index (χ0) is 12.5. The van der Waals surface area contributed by atoms with E-state index in [2.05, 4.69) is 9.97 Å². The number of nitrogens with zero attached hydrogens (tertiary/aromatic N) is 3. The van der Waals surface area contributed by atoms with Crippen LogP contribution in [0.3, 0.4) is 0 Å². The second-order valence-electron chi connectivity index (χ2n) is 4.21. The van der Waals surface area contributed by atoms with Gasteiger partial charge < -0.3 is 14.5 Å². The van der Waals surface area contributed by atoms with E-state index in [1.165, 1.54) is 12.3 Å². The van der Waals surface area contributed by atoms with E-state index in [0.29, 0.717) is 18.7 Å². The fourth-order valence-electron chi connectivity index (χ4n) is 2.07. The number of carbonyl (C=O) groups is 1. The second-order valence-corrected chi connectivity index (χ2v) is 4.21. The summed E-state index contributed by atoms with van der Waals surface area (Å²) in [6, 6.07) is 2.90. The maximum atomic E-state index is 12.2. The highest BCUT2D eigenvalue weighted by molar-refractivity contribution is 5.93. The van der Waals surface area contributed by atoms with Crippen LogP contribution in [0.25, 0.3) is 0 Å². The van der Waals surface area contributed by atoms with Crippen molar-refractivity contribution in [3.63, 3.8) is 0 Å². The lowest BCUT2D eigenvalue weighted by molar-refractivity contribution is 0.0707. The maximum Gasteiger partial charge on any atom is 0.255 e. The van der Waals surface area contributed by atoms with Crippen LogP contribution in [-0.2, 0) is 13.1 Å². The molecule has 18 heavy (non-hydrogen) atoms. The van der Waals surface area contributed by atoms with Crippen LogP contribution in [0.2, 0.25) is 0 Å². The number of hydrogen-bond donors (Lipinski definition) is 1. The zero-order valence-corrected chi connectivity index (χ0v) is 9.67. The molecule has 1 N–H and O–H groups in total. The molecule has 0 atom stereocenters. The maximum absolute atomic E-state index is 12.2. The minimum absolute atomic E-state index is 0.0829. The predicted octanol–water partition coefficient (Wildman–Crippen LogP) is 0.227. The molecule has 0 bridgehead atoms. The Labute approximate surface area is 103 Å². The molecule has 2 aromatic heterocycles. The van der Waals surface area contributed by atoms with E-state index in [1.54, 1.807) is 17.2 Å². The number of hydrogen-bond acceptors (Lipinski definition) is 3. The largest absolute Gasteiger partial charge is 0.332 e. The normalized spacial score (nSPS) is 14.3. The number of nitrogens with one attached hydrogen (secondary N) is 1. The van der Waals surface area contributed by atoms with Crippen molar-refractivity contribution in [3.05, 3.63) is 52.5 Å². The van der Waals surface area contributed by atoms with Gasteiger partial charge in [0.25, 0.3) is 5.91 Å². The van der Waals surface area contributed by atoms with Crippen molar-refractivity contribution >= 4 is 5.91 Å². The fourth-order valence-corrected chi connectivity index (χ4v) is 2.07. The third kappa shape index (κ3) is 1.81. The molecule has 0 unspecified atom stereocenters. The minimum Gasteiger partial charge on any atom is -0.332 e. The number of amides is 1. The molecule has 1 aliphatic rings. The standard InChI is InChI=1S/C12H12N4O2/c17-11-2-1-9(7-14-11)12(18)16-6-5-15-4-3-13-10(15)8-16/h1-4,7H,5-6,8H2,(H,14,17). The Kier molecular flexibility index (Phi) is 2.47. The molecule has 0 saturated heterocycles. The Balaban J connectivity index is 1.82. The summed E-state index contributed by atoms with van der Waals surface area (Å²) in [5.41, 5.74) is 0.287. The van der Waals surface area contributed by atoms with Gasteiger partial charge in [0, 0.05) is 37.7 Å². The average molecular weight is 244 g/mol. The van der Waals surface area contributed by atoms with Crippen molar-refractivity contribution in [3.8, 4) is 0 Å². The topological polar surface area (TPSA) is 71.0 Å². The number of aromatic nitrogens is 3. The second kappa shape index (κ2) is 4.14. The van der Waals surface area contributed by atoms with Crippen LogP contribution in [-0.4, -0.2) is 31.9 Å². The summed E-state index contributed by atoms with van der Waals surface area (Å²) in [7, 11) is 0. The van der Waals surface area contributed by atoms with Gasteiger partial charge in [-0.1, -0.05) is 0 Å². The molecule has 3 rings (SSSR count). The van der Waals surface area contributed by atoms with Crippen LogP contribution >= 0.6 is 0 Å². The first kappa shape index (κ1) is 10.8.